The van der Waals surface area contributed by atoms with Crippen molar-refractivity contribution in [1.29, 1.82) is 0 Å². The van der Waals surface area contributed by atoms with Crippen molar-refractivity contribution < 1.29 is 30.4 Å². The topological polar surface area (TPSA) is 35.9 Å². The molecule has 80 heavy (non-hydrogen) atoms. The van der Waals surface area contributed by atoms with E-state index in [2.05, 4.69) is 254 Å². The molecule has 6 heteroatoms. The minimum atomic E-state index is -0.128. The molecule has 0 unspecified atom stereocenters. The maximum atomic E-state index is 6.92. The van der Waals surface area contributed by atoms with E-state index in [1.807, 2.05) is 18.3 Å². The number of fused-ring (bicyclic) bond motifs is 13. The molecule has 0 N–H and O–H groups in total. The van der Waals surface area contributed by atoms with Crippen LogP contribution in [-0.2, 0) is 48.1 Å². The zero-order valence-electron chi connectivity index (χ0n) is 47.9. The molecule has 0 fully saturated rings. The van der Waals surface area contributed by atoms with E-state index in [0.29, 0.717) is 11.5 Å². The van der Waals surface area contributed by atoms with Gasteiger partial charge in [-0.3, -0.25) is 4.57 Å². The molecular formula is C74H68N4OPt-2. The average Bonchev–Trinajstić information content (AvgIpc) is 4.08. The number of benzene rings is 8. The van der Waals surface area contributed by atoms with Crippen LogP contribution in [0.15, 0.2) is 164 Å². The minimum Gasteiger partial charge on any atom is -0.510 e. The number of hydrogen-bond donors (Lipinski definition) is 0. The summed E-state index contributed by atoms with van der Waals surface area (Å²) in [7, 11) is 0. The number of aromatic nitrogens is 4. The molecule has 8 aromatic carbocycles. The molecule has 5 nitrogen and oxygen atoms in total. The fourth-order valence-electron chi connectivity index (χ4n) is 13.8. The van der Waals surface area contributed by atoms with E-state index >= 15 is 0 Å². The molecule has 0 bridgehead atoms. The van der Waals surface area contributed by atoms with Gasteiger partial charge in [-0.2, -0.15) is 18.2 Å². The van der Waals surface area contributed by atoms with Crippen LogP contribution in [0.3, 0.4) is 0 Å². The summed E-state index contributed by atoms with van der Waals surface area (Å²) in [5.74, 6) is 2.04. The Labute approximate surface area is 486 Å². The van der Waals surface area contributed by atoms with Gasteiger partial charge in [-0.1, -0.05) is 179 Å². The SMILES string of the molecule is CC(C)(C)c1ccnc(-n2c3[c-]c(Oc4[c-]c(-n5[c-][n+]6c7c(c8c(cc75)C(C)(C)CCC8(C)C)-c5ccccc5-c5cc7c(cc5-c5cccc(-c8ccccc8)c5-6)C(C)(C)CCC7(C)C)ccc4)ccc3c3ccccc32)c1.[Pt]. The molecule has 0 radical (unpaired) electrons. The molecule has 11 aromatic rings. The summed E-state index contributed by atoms with van der Waals surface area (Å²) in [5, 5.41) is 2.23. The first-order valence-electron chi connectivity index (χ1n) is 28.5. The van der Waals surface area contributed by atoms with Gasteiger partial charge in [0.25, 0.3) is 6.33 Å². The van der Waals surface area contributed by atoms with Gasteiger partial charge in [0.2, 0.25) is 0 Å². The second kappa shape index (κ2) is 18.3. The first-order valence-corrected chi connectivity index (χ1v) is 28.5. The standard InChI is InChI=1S/C74H68N4O.Pt/c1-70(2,3)47-33-38-75-65(39-47)78-62-30-18-17-26-53(62)54-32-31-50(41-63(54)78)79-49-24-19-23-48(40-49)76-45-77-68-51(46-21-13-12-14-22-46)28-20-29-56(68)58-43-60-59(71(4,5)34-35-72(60,6)7)42-57(58)52-25-15-16-27-55(52)66-67-61(44-64(76)69(66)77)73(8,9)36-37-74(67,10)11;/h12-33,38-39,42-44H,34-37H2,1-11H3;/q-2;. The third-order valence-electron chi connectivity index (χ3n) is 18.4. The van der Waals surface area contributed by atoms with Crippen LogP contribution in [0.2, 0.25) is 0 Å². The molecule has 0 saturated heterocycles. The summed E-state index contributed by atoms with van der Waals surface area (Å²) in [4.78, 5) is 4.94. The number of rotatable bonds is 5. The molecule has 4 heterocycles. The summed E-state index contributed by atoms with van der Waals surface area (Å²) >= 11 is 0. The number of imidazole rings is 1. The van der Waals surface area contributed by atoms with E-state index < -0.39 is 0 Å². The Hall–Kier alpha value is -7.33. The molecule has 14 rings (SSSR count). The Balaban J connectivity index is 0.00000605. The zero-order chi connectivity index (χ0) is 54.5. The van der Waals surface area contributed by atoms with Gasteiger partial charge in [0.15, 0.2) is 0 Å². The second-order valence-corrected chi connectivity index (χ2v) is 26.5. The number of pyridine rings is 1. The fraction of sp³-hybridized carbons (Fsp3) is 0.270. The van der Waals surface area contributed by atoms with Crippen LogP contribution in [0.1, 0.15) is 130 Å². The predicted molar refractivity (Wildman–Crippen MR) is 325 cm³/mol. The van der Waals surface area contributed by atoms with Crippen molar-refractivity contribution >= 4 is 32.8 Å². The molecule has 2 aliphatic carbocycles. The Morgan fingerprint density at radius 3 is 1.88 bits per heavy atom. The predicted octanol–water partition coefficient (Wildman–Crippen LogP) is 18.6. The molecular weight excluding hydrogens is 1160 g/mol. The molecule has 0 atom stereocenters. The molecule has 3 aromatic heterocycles. The Morgan fingerprint density at radius 2 is 1.14 bits per heavy atom. The Morgan fingerprint density at radius 1 is 0.525 bits per heavy atom. The van der Waals surface area contributed by atoms with Crippen molar-refractivity contribution in [3.05, 3.63) is 210 Å². The Bertz CT molecular complexity index is 4330. The van der Waals surface area contributed by atoms with Gasteiger partial charge in [-0.15, -0.1) is 29.7 Å². The third kappa shape index (κ3) is 8.11. The quantitative estimate of drug-likeness (QED) is 0.127. The van der Waals surface area contributed by atoms with Crippen molar-refractivity contribution in [3.63, 3.8) is 0 Å². The monoisotopic (exact) mass is 1220 g/mol. The van der Waals surface area contributed by atoms with Crippen molar-refractivity contribution in [2.75, 3.05) is 0 Å². The molecule has 1 aliphatic heterocycles. The van der Waals surface area contributed by atoms with E-state index in [1.165, 1.54) is 61.2 Å². The van der Waals surface area contributed by atoms with Gasteiger partial charge in [0.05, 0.1) is 16.7 Å². The van der Waals surface area contributed by atoms with E-state index in [4.69, 9.17) is 9.72 Å². The summed E-state index contributed by atoms with van der Waals surface area (Å²) in [6.07, 6.45) is 10.5. The van der Waals surface area contributed by atoms with Crippen LogP contribution in [0.5, 0.6) is 11.5 Å². The van der Waals surface area contributed by atoms with Crippen LogP contribution >= 0.6 is 0 Å². The average molecular weight is 1220 g/mol. The van der Waals surface area contributed by atoms with Gasteiger partial charge < -0.3 is 13.9 Å². The first-order chi connectivity index (χ1) is 37.8. The largest absolute Gasteiger partial charge is 0.510 e. The van der Waals surface area contributed by atoms with Gasteiger partial charge >= 0.3 is 0 Å². The van der Waals surface area contributed by atoms with Crippen molar-refractivity contribution in [2.24, 2.45) is 0 Å². The van der Waals surface area contributed by atoms with Gasteiger partial charge in [0.1, 0.15) is 5.82 Å². The molecule has 3 aliphatic rings. The smallest absolute Gasteiger partial charge is 0.268 e. The van der Waals surface area contributed by atoms with Gasteiger partial charge in [0, 0.05) is 44.3 Å². The third-order valence-corrected chi connectivity index (χ3v) is 18.4. The van der Waals surface area contributed by atoms with Crippen molar-refractivity contribution in [1.82, 2.24) is 14.1 Å². The van der Waals surface area contributed by atoms with Crippen LogP contribution in [0.25, 0.3) is 94.5 Å². The van der Waals surface area contributed by atoms with E-state index in [9.17, 15) is 0 Å². The van der Waals surface area contributed by atoms with Crippen LogP contribution < -0.4 is 9.30 Å². The number of para-hydroxylation sites is 2. The molecule has 402 valence electrons. The summed E-state index contributed by atoms with van der Waals surface area (Å²) < 4.78 is 13.8. The van der Waals surface area contributed by atoms with Crippen LogP contribution in [-0.4, -0.2) is 14.1 Å². The second-order valence-electron chi connectivity index (χ2n) is 26.5. The number of ether oxygens (including phenoxy) is 1. The van der Waals surface area contributed by atoms with E-state index in [1.54, 1.807) is 0 Å². The van der Waals surface area contributed by atoms with Gasteiger partial charge in [-0.05, 0) is 166 Å². The summed E-state index contributed by atoms with van der Waals surface area (Å²) in [6.45, 7) is 26.4. The number of hydrogen-bond acceptors (Lipinski definition) is 2. The maximum absolute atomic E-state index is 6.92. The Kier molecular flexibility index (Phi) is 11.9. The van der Waals surface area contributed by atoms with E-state index in [0.717, 1.165) is 86.8 Å². The van der Waals surface area contributed by atoms with E-state index in [-0.39, 0.29) is 48.1 Å². The summed E-state index contributed by atoms with van der Waals surface area (Å²) in [6, 6.07) is 65.7. The first kappa shape index (κ1) is 52.1. The maximum Gasteiger partial charge on any atom is 0.268 e. The minimum absolute atomic E-state index is 0. The van der Waals surface area contributed by atoms with Gasteiger partial charge in [-0.25, -0.2) is 4.98 Å². The van der Waals surface area contributed by atoms with Crippen molar-refractivity contribution in [2.45, 2.75) is 129 Å². The molecule has 0 saturated carbocycles. The van der Waals surface area contributed by atoms with Crippen LogP contribution in [0, 0.1) is 18.5 Å². The van der Waals surface area contributed by atoms with Crippen molar-refractivity contribution in [3.8, 4) is 73.2 Å². The normalized spacial score (nSPS) is 16.3. The number of nitrogens with zero attached hydrogens (tertiary/aromatic N) is 4. The molecule has 0 amide bonds. The summed E-state index contributed by atoms with van der Waals surface area (Å²) in [5.41, 5.74) is 22.7. The fourth-order valence-corrected chi connectivity index (χ4v) is 13.8. The zero-order valence-corrected chi connectivity index (χ0v) is 50.2. The van der Waals surface area contributed by atoms with Crippen LogP contribution in [0.4, 0.5) is 0 Å². The molecule has 0 spiro atoms.